The highest BCUT2D eigenvalue weighted by atomic mass is 19.1. The maximum absolute atomic E-state index is 14.5. The number of rotatable bonds is 4. The number of nitrogens with one attached hydrogen (secondary N) is 1. The Labute approximate surface area is 119 Å². The summed E-state index contributed by atoms with van der Waals surface area (Å²) >= 11 is 0. The third kappa shape index (κ3) is 2.96. The van der Waals surface area contributed by atoms with Gasteiger partial charge in [-0.2, -0.15) is 0 Å². The first-order valence-corrected chi connectivity index (χ1v) is 6.63. The normalized spacial score (nSPS) is 10.7. The van der Waals surface area contributed by atoms with Crippen molar-refractivity contribution in [1.29, 1.82) is 0 Å². The van der Waals surface area contributed by atoms with Gasteiger partial charge in [-0.25, -0.2) is 9.37 Å². The van der Waals surface area contributed by atoms with Gasteiger partial charge < -0.3 is 10.2 Å². The maximum Gasteiger partial charge on any atom is 0.170 e. The molecule has 0 fully saturated rings. The molecule has 0 aliphatic heterocycles. The van der Waals surface area contributed by atoms with E-state index >= 15 is 0 Å². The molecule has 1 heterocycles. The quantitative estimate of drug-likeness (QED) is 0.926. The van der Waals surface area contributed by atoms with E-state index in [4.69, 9.17) is 0 Å². The second kappa shape index (κ2) is 6.01. The van der Waals surface area contributed by atoms with Crippen molar-refractivity contribution in [2.24, 2.45) is 0 Å². The lowest BCUT2D eigenvalue weighted by molar-refractivity contribution is 0.595. The standard InChI is InChI=1S/C16H20FN3/c1-11-7-12(2)9-14(8-11)20(4)16-15(17)13(10-18-3)5-6-19-16/h5-9,18H,10H2,1-4H3. The van der Waals surface area contributed by atoms with Gasteiger partial charge in [0.2, 0.25) is 0 Å². The highest BCUT2D eigenvalue weighted by Crippen LogP contribution is 2.27. The van der Waals surface area contributed by atoms with Gasteiger partial charge in [-0.3, -0.25) is 0 Å². The van der Waals surface area contributed by atoms with Crippen molar-refractivity contribution < 1.29 is 4.39 Å². The molecule has 0 radical (unpaired) electrons. The van der Waals surface area contributed by atoms with E-state index in [1.54, 1.807) is 24.2 Å². The van der Waals surface area contributed by atoms with Crippen LogP contribution in [0.3, 0.4) is 0 Å². The molecule has 0 amide bonds. The average Bonchev–Trinajstić information content (AvgIpc) is 2.39. The monoisotopic (exact) mass is 273 g/mol. The SMILES string of the molecule is CNCc1ccnc(N(C)c2cc(C)cc(C)c2)c1F. The smallest absolute Gasteiger partial charge is 0.170 e. The molecule has 2 aromatic rings. The Hall–Kier alpha value is -1.94. The van der Waals surface area contributed by atoms with Crippen molar-refractivity contribution in [3.05, 3.63) is 53.0 Å². The molecule has 0 spiro atoms. The average molecular weight is 273 g/mol. The van der Waals surface area contributed by atoms with Crippen LogP contribution in [0.15, 0.2) is 30.5 Å². The van der Waals surface area contributed by atoms with Crippen LogP contribution >= 0.6 is 0 Å². The number of pyridine rings is 1. The van der Waals surface area contributed by atoms with E-state index in [1.807, 2.05) is 33.0 Å². The summed E-state index contributed by atoms with van der Waals surface area (Å²) in [4.78, 5) is 5.97. The fourth-order valence-electron chi connectivity index (χ4n) is 2.30. The minimum absolute atomic E-state index is 0.275. The minimum atomic E-state index is -0.275. The Morgan fingerprint density at radius 2 is 1.85 bits per heavy atom. The summed E-state index contributed by atoms with van der Waals surface area (Å²) in [7, 11) is 3.63. The predicted octanol–water partition coefficient (Wildman–Crippen LogP) is 3.32. The Bertz CT molecular complexity index is 590. The summed E-state index contributed by atoms with van der Waals surface area (Å²) in [5.74, 6) is 0.0752. The molecule has 2 rings (SSSR count). The van der Waals surface area contributed by atoms with E-state index in [9.17, 15) is 4.39 Å². The first-order chi connectivity index (χ1) is 9.52. The molecular formula is C16H20FN3. The second-order valence-corrected chi connectivity index (χ2v) is 5.04. The third-order valence-electron chi connectivity index (χ3n) is 3.23. The number of benzene rings is 1. The van der Waals surface area contributed by atoms with Crippen molar-refractivity contribution in [2.45, 2.75) is 20.4 Å². The Balaban J connectivity index is 2.42. The van der Waals surface area contributed by atoms with E-state index in [1.165, 1.54) is 0 Å². The van der Waals surface area contributed by atoms with Crippen molar-refractivity contribution in [3.63, 3.8) is 0 Å². The summed E-state index contributed by atoms with van der Waals surface area (Å²) in [6.07, 6.45) is 1.64. The number of anilines is 2. The number of nitrogens with zero attached hydrogens (tertiary/aromatic N) is 2. The Morgan fingerprint density at radius 3 is 2.45 bits per heavy atom. The van der Waals surface area contributed by atoms with Gasteiger partial charge in [-0.15, -0.1) is 0 Å². The Kier molecular flexibility index (Phi) is 4.35. The van der Waals surface area contributed by atoms with Crippen LogP contribution in [0.25, 0.3) is 0 Å². The highest BCUT2D eigenvalue weighted by molar-refractivity contribution is 5.62. The van der Waals surface area contributed by atoms with Crippen molar-refractivity contribution in [3.8, 4) is 0 Å². The van der Waals surface area contributed by atoms with Crippen LogP contribution in [0.1, 0.15) is 16.7 Å². The van der Waals surface area contributed by atoms with E-state index < -0.39 is 0 Å². The van der Waals surface area contributed by atoms with Crippen LogP contribution in [-0.2, 0) is 6.54 Å². The minimum Gasteiger partial charge on any atom is -0.327 e. The van der Waals surface area contributed by atoms with Gasteiger partial charge in [0.1, 0.15) is 0 Å². The molecule has 4 heteroatoms. The van der Waals surface area contributed by atoms with E-state index in [-0.39, 0.29) is 5.82 Å². The molecule has 0 aliphatic carbocycles. The van der Waals surface area contributed by atoms with Crippen LogP contribution in [0.2, 0.25) is 0 Å². The molecule has 0 aliphatic rings. The molecule has 0 saturated heterocycles. The van der Waals surface area contributed by atoms with Gasteiger partial charge in [0.15, 0.2) is 11.6 Å². The number of halogens is 1. The largest absolute Gasteiger partial charge is 0.327 e. The zero-order valence-corrected chi connectivity index (χ0v) is 12.4. The van der Waals surface area contributed by atoms with Crippen LogP contribution in [0, 0.1) is 19.7 Å². The molecular weight excluding hydrogens is 253 g/mol. The Morgan fingerprint density at radius 1 is 1.20 bits per heavy atom. The molecule has 0 atom stereocenters. The van der Waals surface area contributed by atoms with Crippen LogP contribution in [-0.4, -0.2) is 19.1 Å². The first kappa shape index (κ1) is 14.5. The lowest BCUT2D eigenvalue weighted by atomic mass is 10.1. The predicted molar refractivity (Wildman–Crippen MR) is 80.9 cm³/mol. The molecule has 1 aromatic heterocycles. The van der Waals surface area contributed by atoms with Crippen LogP contribution < -0.4 is 10.2 Å². The topological polar surface area (TPSA) is 28.2 Å². The summed E-state index contributed by atoms with van der Waals surface area (Å²) in [6.45, 7) is 4.55. The lowest BCUT2D eigenvalue weighted by Crippen LogP contribution is -2.16. The van der Waals surface area contributed by atoms with Crippen molar-refractivity contribution in [2.75, 3.05) is 19.0 Å². The summed E-state index contributed by atoms with van der Waals surface area (Å²) in [5.41, 5.74) is 3.86. The summed E-state index contributed by atoms with van der Waals surface area (Å²) in [5, 5.41) is 2.96. The van der Waals surface area contributed by atoms with E-state index in [0.29, 0.717) is 17.9 Å². The fraction of sp³-hybridized carbons (Fsp3) is 0.312. The maximum atomic E-state index is 14.5. The van der Waals surface area contributed by atoms with E-state index in [2.05, 4.69) is 16.4 Å². The van der Waals surface area contributed by atoms with Gasteiger partial charge in [0, 0.05) is 31.0 Å². The molecule has 0 unspecified atom stereocenters. The van der Waals surface area contributed by atoms with Crippen LogP contribution in [0.4, 0.5) is 15.9 Å². The van der Waals surface area contributed by atoms with Crippen molar-refractivity contribution >= 4 is 11.5 Å². The lowest BCUT2D eigenvalue weighted by Gasteiger charge is -2.21. The summed E-state index contributed by atoms with van der Waals surface area (Å²) in [6, 6.07) is 7.85. The molecule has 1 aromatic carbocycles. The molecule has 1 N–H and O–H groups in total. The first-order valence-electron chi connectivity index (χ1n) is 6.63. The molecule has 0 bridgehead atoms. The number of aryl methyl sites for hydroxylation is 2. The number of aromatic nitrogens is 1. The second-order valence-electron chi connectivity index (χ2n) is 5.04. The van der Waals surface area contributed by atoms with Gasteiger partial charge in [0.25, 0.3) is 0 Å². The van der Waals surface area contributed by atoms with Gasteiger partial charge in [0.05, 0.1) is 0 Å². The zero-order chi connectivity index (χ0) is 14.7. The van der Waals surface area contributed by atoms with Gasteiger partial charge in [-0.05, 0) is 50.2 Å². The van der Waals surface area contributed by atoms with Gasteiger partial charge >= 0.3 is 0 Å². The van der Waals surface area contributed by atoms with Crippen LogP contribution in [0.5, 0.6) is 0 Å². The molecule has 3 nitrogen and oxygen atoms in total. The fourth-order valence-corrected chi connectivity index (χ4v) is 2.30. The molecule has 20 heavy (non-hydrogen) atoms. The molecule has 106 valence electrons. The van der Waals surface area contributed by atoms with E-state index in [0.717, 1.165) is 16.8 Å². The zero-order valence-electron chi connectivity index (χ0n) is 12.4. The number of hydrogen-bond donors (Lipinski definition) is 1. The summed E-state index contributed by atoms with van der Waals surface area (Å²) < 4.78 is 14.5. The highest BCUT2D eigenvalue weighted by Gasteiger charge is 2.14. The van der Waals surface area contributed by atoms with Crippen molar-refractivity contribution in [1.82, 2.24) is 10.3 Å². The van der Waals surface area contributed by atoms with Gasteiger partial charge in [-0.1, -0.05) is 6.07 Å². The molecule has 0 saturated carbocycles. The number of hydrogen-bond acceptors (Lipinski definition) is 3. The third-order valence-corrected chi connectivity index (χ3v) is 3.23.